The quantitative estimate of drug-likeness (QED) is 0.00876. The van der Waals surface area contributed by atoms with Crippen LogP contribution in [0.3, 0.4) is 0 Å². The normalized spacial score (nSPS) is 10.1. The summed E-state index contributed by atoms with van der Waals surface area (Å²) < 4.78 is 23.6. The summed E-state index contributed by atoms with van der Waals surface area (Å²) in [6, 6.07) is -0.152. The Morgan fingerprint density at radius 2 is 1.10 bits per heavy atom. The van der Waals surface area contributed by atoms with E-state index in [9.17, 15) is 33.6 Å². The first-order chi connectivity index (χ1) is 33.1. The number of aliphatic hydroxyl groups is 1. The van der Waals surface area contributed by atoms with Gasteiger partial charge in [0.25, 0.3) is 0 Å². The number of hydrogen-bond donors (Lipinski definition) is 7. The maximum absolute atomic E-state index is 11.7. The minimum atomic E-state index is -0.579. The molecule has 0 aromatic rings. The number of hydrogen-bond acceptors (Lipinski definition) is 14. The van der Waals surface area contributed by atoms with Crippen molar-refractivity contribution in [2.75, 3.05) is 92.7 Å². The summed E-state index contributed by atoms with van der Waals surface area (Å²) in [6.07, 6.45) is 26.8. The van der Waals surface area contributed by atoms with Gasteiger partial charge in [0.1, 0.15) is 19.2 Å². The number of amides is 4. The second kappa shape index (κ2) is 82.1. The molecular formula is C46H95I2KN7O12P. The average Bonchev–Trinajstić information content (AvgIpc) is 3.34. The number of nitrogens with one attached hydrogen (secondary N) is 6. The van der Waals surface area contributed by atoms with Gasteiger partial charge in [0, 0.05) is 91.6 Å². The van der Waals surface area contributed by atoms with Crippen molar-refractivity contribution in [1.82, 2.24) is 24.6 Å². The van der Waals surface area contributed by atoms with E-state index in [4.69, 9.17) is 29.8 Å². The molecule has 0 aliphatic heterocycles. The Labute approximate surface area is 489 Å². The Hall–Kier alpha value is 0.0964. The Morgan fingerprint density at radius 3 is 1.51 bits per heavy atom. The van der Waals surface area contributed by atoms with E-state index in [1.54, 1.807) is 22.6 Å². The zero-order valence-corrected chi connectivity index (χ0v) is 51.8. The fourth-order valence-corrected chi connectivity index (χ4v) is 6.65. The molecule has 0 saturated carbocycles. The Balaban J connectivity index is -0.000000176. The third-order valence-electron chi connectivity index (χ3n) is 8.75. The molecule has 69 heavy (non-hydrogen) atoms. The molecule has 23 heteroatoms. The molecule has 0 saturated heterocycles. The minimum absolute atomic E-state index is 0. The van der Waals surface area contributed by atoms with E-state index in [0.29, 0.717) is 85.3 Å². The van der Waals surface area contributed by atoms with Gasteiger partial charge < -0.3 is 61.1 Å². The Kier molecular flexibility index (Phi) is 98.9. The van der Waals surface area contributed by atoms with Crippen LogP contribution >= 0.6 is 54.8 Å². The first kappa shape index (κ1) is 83.1. The van der Waals surface area contributed by atoms with Gasteiger partial charge in [-0.25, -0.2) is 0 Å². The molecule has 0 aromatic carbocycles. The van der Waals surface area contributed by atoms with Gasteiger partial charge in [-0.3, -0.25) is 32.6 Å². The van der Waals surface area contributed by atoms with Crippen LogP contribution < -0.4 is 81.7 Å². The molecule has 0 radical (unpaired) electrons. The van der Waals surface area contributed by atoms with Gasteiger partial charge in [-0.15, -0.1) is 0 Å². The van der Waals surface area contributed by atoms with E-state index in [1.165, 1.54) is 83.5 Å². The van der Waals surface area contributed by atoms with Crippen LogP contribution in [0.15, 0.2) is 0 Å². The summed E-state index contributed by atoms with van der Waals surface area (Å²) in [5.74, 6) is -0.602. The molecule has 0 aromatic heterocycles. The van der Waals surface area contributed by atoms with Crippen molar-refractivity contribution >= 4 is 95.3 Å². The molecule has 0 heterocycles. The van der Waals surface area contributed by atoms with Crippen LogP contribution in [0, 0.1) is 0 Å². The number of carbonyl (C=O) groups is 7. The molecule has 0 aliphatic rings. The average molecular weight is 1260 g/mol. The van der Waals surface area contributed by atoms with E-state index in [0.717, 1.165) is 64.6 Å². The predicted molar refractivity (Wildman–Crippen MR) is 294 cm³/mol. The SMILES string of the molecule is CC.CCOCCOCCNC(=O)CCCCCCCCCCCCCCCCCCC=O.CO.O=CCNI.O=CNCCOCCOCC(=O)NCCCCC(NP)C(=O)I.[K+].[NH-]CC(N)=O. The monoisotopic (exact) mass is 1260 g/mol. The molecule has 9 N–H and O–H groups in total. The minimum Gasteiger partial charge on any atom is -0.670 e. The number of aldehydes is 2. The van der Waals surface area contributed by atoms with Crippen LogP contribution in [0.25, 0.3) is 5.73 Å². The maximum Gasteiger partial charge on any atom is 1.00 e. The van der Waals surface area contributed by atoms with Crippen LogP contribution in [0.4, 0.5) is 0 Å². The van der Waals surface area contributed by atoms with Gasteiger partial charge in [0.05, 0.1) is 52.2 Å². The first-order valence-corrected chi connectivity index (χ1v) is 27.1. The first-order valence-electron chi connectivity index (χ1n) is 24.4. The number of unbranched alkanes of at least 4 members (excludes halogenated alkanes) is 17. The number of rotatable bonds is 45. The molecular weight excluding hydrogens is 1170 g/mol. The molecule has 0 rings (SSSR count). The standard InChI is InChI=1S/C26H51NO4.C13H25IN3O5P.C2H4INO.C2H5N2O.C2H6.CH4O.K/c1-2-30-24-25-31-23-21-27-26(29)20-18-16-14-12-10-8-6-4-3-5-7-9-11-13-15-17-19-22-28;14-13(20)11(17-23)3-1-2-4-16-12(19)9-22-8-7-21-6-5-15-10-18;3-4-1-2-5;3-1-2(4)5;2*1-2;/h22H,2-21,23-25H2,1H3,(H,27,29);10-11,17H,1-9,23H2,(H,15,18)(H,16,19);2,4H,1H2;3H,1H2,(H2,4,5);1-2H3;2H,1H3;/q;;;-1;;;+1. The van der Waals surface area contributed by atoms with Crippen LogP contribution in [0.2, 0.25) is 0 Å². The largest absolute Gasteiger partial charge is 1.00 e. The zero-order valence-electron chi connectivity index (χ0n) is 43.2. The Morgan fingerprint density at radius 1 is 0.652 bits per heavy atom. The van der Waals surface area contributed by atoms with Gasteiger partial charge in [0.15, 0.2) is 5.91 Å². The molecule has 2 unspecified atom stereocenters. The van der Waals surface area contributed by atoms with E-state index < -0.39 is 5.91 Å². The molecule has 0 aliphatic carbocycles. The van der Waals surface area contributed by atoms with Crippen molar-refractivity contribution in [3.05, 3.63) is 5.73 Å². The van der Waals surface area contributed by atoms with Crippen LogP contribution in [-0.2, 0) is 52.5 Å². The summed E-state index contributed by atoms with van der Waals surface area (Å²) in [4.78, 5) is 73.4. The molecule has 406 valence electrons. The smallest absolute Gasteiger partial charge is 0.670 e. The topological polar surface area (TPSA) is 287 Å². The summed E-state index contributed by atoms with van der Waals surface area (Å²) in [7, 11) is 3.35. The third-order valence-corrected chi connectivity index (χ3v) is 10.3. The van der Waals surface area contributed by atoms with E-state index in [1.807, 2.05) is 43.6 Å². The van der Waals surface area contributed by atoms with Crippen molar-refractivity contribution in [3.8, 4) is 0 Å². The number of ether oxygens (including phenoxy) is 4. The van der Waals surface area contributed by atoms with Crippen molar-refractivity contribution in [3.63, 3.8) is 0 Å². The Bertz CT molecular complexity index is 1080. The molecule has 0 spiro atoms. The molecule has 2 atom stereocenters. The summed E-state index contributed by atoms with van der Waals surface area (Å²) in [5.41, 5.74) is 10.6. The second-order valence-electron chi connectivity index (χ2n) is 14.3. The zero-order chi connectivity index (χ0) is 52.4. The summed E-state index contributed by atoms with van der Waals surface area (Å²) >= 11 is 3.68. The van der Waals surface area contributed by atoms with Gasteiger partial charge in [-0.2, -0.15) is 0 Å². The van der Waals surface area contributed by atoms with Crippen molar-refractivity contribution < 1.29 is 109 Å². The van der Waals surface area contributed by atoms with Crippen LogP contribution in [-0.4, -0.2) is 144 Å². The summed E-state index contributed by atoms with van der Waals surface area (Å²) in [5, 5.41) is 18.0. The van der Waals surface area contributed by atoms with Gasteiger partial charge in [-0.05, 0) is 39.0 Å². The number of nitrogens with two attached hydrogens (primary N) is 1. The number of carbonyl (C=O) groups excluding carboxylic acids is 7. The molecule has 19 nitrogen and oxygen atoms in total. The van der Waals surface area contributed by atoms with E-state index >= 15 is 0 Å². The van der Waals surface area contributed by atoms with Crippen molar-refractivity contribution in [1.29, 1.82) is 0 Å². The van der Waals surface area contributed by atoms with Gasteiger partial charge in [0.2, 0.25) is 22.0 Å². The maximum atomic E-state index is 11.7. The summed E-state index contributed by atoms with van der Waals surface area (Å²) in [6.45, 7) is 11.3. The van der Waals surface area contributed by atoms with Crippen LogP contribution in [0.1, 0.15) is 156 Å². The number of primary amides is 1. The molecule has 4 amide bonds. The second-order valence-corrected chi connectivity index (χ2v) is 16.4. The fraction of sp³-hybridized carbons (Fsp3) is 0.848. The van der Waals surface area contributed by atoms with E-state index in [-0.39, 0.29) is 86.2 Å². The van der Waals surface area contributed by atoms with Crippen LogP contribution in [0.5, 0.6) is 0 Å². The third kappa shape index (κ3) is 91.3. The predicted octanol–water partition coefficient (Wildman–Crippen LogP) is 3.43. The van der Waals surface area contributed by atoms with Crippen molar-refractivity contribution in [2.24, 2.45) is 5.73 Å². The van der Waals surface area contributed by atoms with Gasteiger partial charge in [-0.1, -0.05) is 120 Å². The fourth-order valence-electron chi connectivity index (χ4n) is 5.32. The van der Waals surface area contributed by atoms with Crippen molar-refractivity contribution in [2.45, 2.75) is 162 Å². The number of halogens is 2. The molecule has 0 fully saturated rings. The van der Waals surface area contributed by atoms with E-state index in [2.05, 4.69) is 39.7 Å². The molecule has 0 bridgehead atoms. The number of aliphatic hydroxyl groups excluding tert-OH is 1. The van der Waals surface area contributed by atoms with Gasteiger partial charge >= 0.3 is 51.4 Å².